The number of benzene rings is 1. The van der Waals surface area contributed by atoms with E-state index in [-0.39, 0.29) is 11.9 Å². The zero-order chi connectivity index (χ0) is 14.6. The highest BCUT2D eigenvalue weighted by molar-refractivity contribution is 5.97. The molecule has 0 atom stereocenters. The highest BCUT2D eigenvalue weighted by Gasteiger charge is 2.20. The van der Waals surface area contributed by atoms with Gasteiger partial charge >= 0.3 is 0 Å². The Balaban J connectivity index is 3.10. The summed E-state index contributed by atoms with van der Waals surface area (Å²) in [5.74, 6) is -0.0607. The lowest BCUT2D eigenvalue weighted by Crippen LogP contribution is -2.38. The SMILES string of the molecule is Cc1cc(C)c(C(=O)N(CCC#N)C(C)C)cc1N. The van der Waals surface area contributed by atoms with E-state index in [4.69, 9.17) is 11.0 Å². The summed E-state index contributed by atoms with van der Waals surface area (Å²) in [7, 11) is 0. The van der Waals surface area contributed by atoms with Crippen molar-refractivity contribution in [2.45, 2.75) is 40.2 Å². The molecule has 4 heteroatoms. The standard InChI is InChI=1S/C15H21N3O/c1-10(2)18(7-5-6-16)15(19)13-9-14(17)12(4)8-11(13)3/h8-10H,5,7,17H2,1-4H3. The summed E-state index contributed by atoms with van der Waals surface area (Å²) in [6.07, 6.45) is 0.338. The number of nitrogens with two attached hydrogens (primary N) is 1. The molecule has 0 saturated carbocycles. The minimum atomic E-state index is -0.0607. The molecule has 0 spiro atoms. The van der Waals surface area contributed by atoms with E-state index in [0.717, 1.165) is 11.1 Å². The minimum absolute atomic E-state index is 0.0581. The van der Waals surface area contributed by atoms with Crippen molar-refractivity contribution in [2.24, 2.45) is 0 Å². The first-order valence-electron chi connectivity index (χ1n) is 6.43. The Kier molecular flexibility index (Phi) is 4.94. The fourth-order valence-corrected chi connectivity index (χ4v) is 2.02. The number of carbonyl (C=O) groups is 1. The summed E-state index contributed by atoms with van der Waals surface area (Å²) in [6.45, 7) is 8.17. The molecule has 0 radical (unpaired) electrons. The summed E-state index contributed by atoms with van der Waals surface area (Å²) >= 11 is 0. The second-order valence-corrected chi connectivity index (χ2v) is 5.02. The second-order valence-electron chi connectivity index (χ2n) is 5.02. The van der Waals surface area contributed by atoms with E-state index < -0.39 is 0 Å². The van der Waals surface area contributed by atoms with Gasteiger partial charge in [-0.3, -0.25) is 4.79 Å². The van der Waals surface area contributed by atoms with E-state index in [1.54, 1.807) is 11.0 Å². The third kappa shape index (κ3) is 3.47. The Labute approximate surface area is 114 Å². The van der Waals surface area contributed by atoms with Gasteiger partial charge in [-0.2, -0.15) is 5.26 Å². The van der Waals surface area contributed by atoms with Crippen molar-refractivity contribution < 1.29 is 4.79 Å². The smallest absolute Gasteiger partial charge is 0.254 e. The van der Waals surface area contributed by atoms with E-state index in [1.807, 2.05) is 33.8 Å². The molecular formula is C15H21N3O. The maximum absolute atomic E-state index is 12.5. The highest BCUT2D eigenvalue weighted by atomic mass is 16.2. The van der Waals surface area contributed by atoms with Crippen LogP contribution in [0.15, 0.2) is 12.1 Å². The fraction of sp³-hybridized carbons (Fsp3) is 0.467. The molecule has 1 rings (SSSR count). The molecule has 0 unspecified atom stereocenters. The molecule has 19 heavy (non-hydrogen) atoms. The Morgan fingerprint density at radius 3 is 2.53 bits per heavy atom. The highest BCUT2D eigenvalue weighted by Crippen LogP contribution is 2.20. The fourth-order valence-electron chi connectivity index (χ4n) is 2.02. The van der Waals surface area contributed by atoms with Crippen molar-refractivity contribution in [1.82, 2.24) is 4.90 Å². The number of anilines is 1. The molecule has 1 aromatic carbocycles. The van der Waals surface area contributed by atoms with Crippen molar-refractivity contribution in [3.63, 3.8) is 0 Å². The number of rotatable bonds is 4. The summed E-state index contributed by atoms with van der Waals surface area (Å²) in [5, 5.41) is 8.68. The third-order valence-electron chi connectivity index (χ3n) is 3.19. The predicted octanol–water partition coefficient (Wildman–Crippen LogP) is 2.65. The van der Waals surface area contributed by atoms with Crippen LogP contribution in [-0.2, 0) is 0 Å². The average Bonchev–Trinajstić information content (AvgIpc) is 2.33. The number of nitriles is 1. The van der Waals surface area contributed by atoms with Gasteiger partial charge in [-0.15, -0.1) is 0 Å². The molecule has 0 aromatic heterocycles. The predicted molar refractivity (Wildman–Crippen MR) is 76.7 cm³/mol. The number of hydrogen-bond donors (Lipinski definition) is 1. The van der Waals surface area contributed by atoms with Gasteiger partial charge in [0.2, 0.25) is 0 Å². The van der Waals surface area contributed by atoms with Crippen molar-refractivity contribution in [1.29, 1.82) is 5.26 Å². The molecule has 0 aliphatic heterocycles. The average molecular weight is 259 g/mol. The van der Waals surface area contributed by atoms with Crippen LogP contribution >= 0.6 is 0 Å². The first kappa shape index (κ1) is 15.0. The monoisotopic (exact) mass is 259 g/mol. The number of nitrogen functional groups attached to an aromatic ring is 1. The van der Waals surface area contributed by atoms with Crippen LogP contribution in [0, 0.1) is 25.2 Å². The van der Waals surface area contributed by atoms with Crippen molar-refractivity contribution in [2.75, 3.05) is 12.3 Å². The van der Waals surface area contributed by atoms with Gasteiger partial charge in [0.25, 0.3) is 5.91 Å². The van der Waals surface area contributed by atoms with E-state index in [2.05, 4.69) is 6.07 Å². The first-order valence-corrected chi connectivity index (χ1v) is 6.43. The maximum atomic E-state index is 12.5. The molecule has 0 bridgehead atoms. The number of amides is 1. The molecule has 0 saturated heterocycles. The molecule has 1 amide bonds. The van der Waals surface area contributed by atoms with E-state index in [0.29, 0.717) is 24.2 Å². The van der Waals surface area contributed by atoms with Crippen molar-refractivity contribution in [3.05, 3.63) is 28.8 Å². The Hall–Kier alpha value is -2.02. The van der Waals surface area contributed by atoms with Crippen molar-refractivity contribution >= 4 is 11.6 Å². The normalized spacial score (nSPS) is 10.3. The Morgan fingerprint density at radius 2 is 2.00 bits per heavy atom. The topological polar surface area (TPSA) is 70.1 Å². The molecule has 2 N–H and O–H groups in total. The molecular weight excluding hydrogens is 238 g/mol. The van der Waals surface area contributed by atoms with E-state index >= 15 is 0 Å². The van der Waals surface area contributed by atoms with Crippen LogP contribution in [0.3, 0.4) is 0 Å². The molecule has 0 aliphatic carbocycles. The summed E-state index contributed by atoms with van der Waals surface area (Å²) in [6, 6.07) is 5.79. The maximum Gasteiger partial charge on any atom is 0.254 e. The van der Waals surface area contributed by atoms with Crippen LogP contribution in [0.1, 0.15) is 41.8 Å². The molecule has 0 aliphatic rings. The number of carbonyl (C=O) groups excluding carboxylic acids is 1. The van der Waals surface area contributed by atoms with Crippen LogP contribution in [-0.4, -0.2) is 23.4 Å². The third-order valence-corrected chi connectivity index (χ3v) is 3.19. The first-order chi connectivity index (χ1) is 8.88. The summed E-state index contributed by atoms with van der Waals surface area (Å²) in [5.41, 5.74) is 9.01. The van der Waals surface area contributed by atoms with Gasteiger partial charge in [-0.25, -0.2) is 0 Å². The Morgan fingerprint density at radius 1 is 1.37 bits per heavy atom. The van der Waals surface area contributed by atoms with Gasteiger partial charge < -0.3 is 10.6 Å². The van der Waals surface area contributed by atoms with Gasteiger partial charge in [-0.1, -0.05) is 6.07 Å². The van der Waals surface area contributed by atoms with Crippen LogP contribution in [0.4, 0.5) is 5.69 Å². The van der Waals surface area contributed by atoms with Gasteiger partial charge in [0, 0.05) is 23.8 Å². The van der Waals surface area contributed by atoms with Gasteiger partial charge in [0.15, 0.2) is 0 Å². The zero-order valence-electron chi connectivity index (χ0n) is 12.0. The molecule has 1 aromatic rings. The zero-order valence-corrected chi connectivity index (χ0v) is 12.0. The van der Waals surface area contributed by atoms with Gasteiger partial charge in [0.1, 0.15) is 0 Å². The number of hydrogen-bond acceptors (Lipinski definition) is 3. The lowest BCUT2D eigenvalue weighted by atomic mass is 10.0. The van der Waals surface area contributed by atoms with E-state index in [1.165, 1.54) is 0 Å². The second kappa shape index (κ2) is 6.24. The van der Waals surface area contributed by atoms with Gasteiger partial charge in [-0.05, 0) is 44.9 Å². The summed E-state index contributed by atoms with van der Waals surface area (Å²) in [4.78, 5) is 14.2. The largest absolute Gasteiger partial charge is 0.398 e. The van der Waals surface area contributed by atoms with Crippen LogP contribution in [0.25, 0.3) is 0 Å². The van der Waals surface area contributed by atoms with E-state index in [9.17, 15) is 4.79 Å². The van der Waals surface area contributed by atoms with Crippen molar-refractivity contribution in [3.8, 4) is 6.07 Å². The number of nitrogens with zero attached hydrogens (tertiary/aromatic N) is 2. The lowest BCUT2D eigenvalue weighted by molar-refractivity contribution is 0.0709. The van der Waals surface area contributed by atoms with Crippen LogP contribution in [0.5, 0.6) is 0 Å². The summed E-state index contributed by atoms with van der Waals surface area (Å²) < 4.78 is 0. The van der Waals surface area contributed by atoms with Crippen LogP contribution < -0.4 is 5.73 Å². The molecule has 0 heterocycles. The quantitative estimate of drug-likeness (QED) is 0.845. The minimum Gasteiger partial charge on any atom is -0.398 e. The molecule has 0 fully saturated rings. The molecule has 4 nitrogen and oxygen atoms in total. The lowest BCUT2D eigenvalue weighted by Gasteiger charge is -2.26. The van der Waals surface area contributed by atoms with Gasteiger partial charge in [0.05, 0.1) is 12.5 Å². The molecule has 102 valence electrons. The van der Waals surface area contributed by atoms with Crippen LogP contribution in [0.2, 0.25) is 0 Å². The Bertz CT molecular complexity index is 515. The number of aryl methyl sites for hydroxylation is 2.